The highest BCUT2D eigenvalue weighted by Gasteiger charge is 2.29. The van der Waals surface area contributed by atoms with Crippen molar-refractivity contribution < 1.29 is 28.4 Å². The van der Waals surface area contributed by atoms with Gasteiger partial charge in [0.15, 0.2) is 17.8 Å². The molecule has 1 atom stereocenters. The summed E-state index contributed by atoms with van der Waals surface area (Å²) < 4.78 is 34.1. The van der Waals surface area contributed by atoms with Crippen molar-refractivity contribution >= 4 is 0 Å². The molecule has 30 heavy (non-hydrogen) atoms. The zero-order valence-electron chi connectivity index (χ0n) is 17.7. The summed E-state index contributed by atoms with van der Waals surface area (Å²) in [6, 6.07) is 11.4. The quantitative estimate of drug-likeness (QED) is 0.419. The van der Waals surface area contributed by atoms with E-state index in [-0.39, 0.29) is 12.8 Å². The van der Waals surface area contributed by atoms with Crippen molar-refractivity contribution in [1.82, 2.24) is 5.32 Å². The van der Waals surface area contributed by atoms with Gasteiger partial charge in [0.05, 0.1) is 6.04 Å². The molecule has 0 amide bonds. The molecule has 162 valence electrons. The van der Waals surface area contributed by atoms with Gasteiger partial charge < -0.3 is 33.7 Å². The number of hydrogen-bond donors (Lipinski definition) is 1. The molecule has 0 saturated carbocycles. The Labute approximate surface area is 177 Å². The van der Waals surface area contributed by atoms with E-state index < -0.39 is 6.29 Å². The number of nitrogens with one attached hydrogen (secondary N) is 1. The average molecular weight is 415 g/mol. The Morgan fingerprint density at radius 2 is 1.83 bits per heavy atom. The number of rotatable bonds is 12. The Bertz CT molecular complexity index is 822. The van der Waals surface area contributed by atoms with Gasteiger partial charge in [-0.2, -0.15) is 0 Å². The minimum absolute atomic E-state index is 0.166. The molecule has 0 unspecified atom stereocenters. The van der Waals surface area contributed by atoms with Gasteiger partial charge in [0.2, 0.25) is 6.79 Å². The second-order valence-corrected chi connectivity index (χ2v) is 6.74. The van der Waals surface area contributed by atoms with Gasteiger partial charge in [-0.3, -0.25) is 0 Å². The van der Waals surface area contributed by atoms with Crippen molar-refractivity contribution in [1.29, 1.82) is 0 Å². The third-order valence-electron chi connectivity index (χ3n) is 4.82. The molecule has 0 aromatic heterocycles. The molecule has 1 aliphatic heterocycles. The van der Waals surface area contributed by atoms with Crippen molar-refractivity contribution in [3.63, 3.8) is 0 Å². The van der Waals surface area contributed by atoms with Gasteiger partial charge >= 0.3 is 0 Å². The fraction of sp³-hybridized carbons (Fsp3) is 0.391. The molecule has 0 radical (unpaired) electrons. The molecular weight excluding hydrogens is 386 g/mol. The summed E-state index contributed by atoms with van der Waals surface area (Å²) in [5.41, 5.74) is 1.77. The number of fused-ring (bicyclic) bond motifs is 1. The van der Waals surface area contributed by atoms with Gasteiger partial charge in [0, 0.05) is 31.9 Å². The van der Waals surface area contributed by atoms with Gasteiger partial charge in [-0.1, -0.05) is 30.9 Å². The lowest BCUT2D eigenvalue weighted by Crippen LogP contribution is -2.35. The van der Waals surface area contributed by atoms with E-state index in [1.807, 2.05) is 43.3 Å². The molecule has 1 heterocycles. The Kier molecular flexibility index (Phi) is 7.96. The maximum atomic E-state index is 6.04. The average Bonchev–Trinajstić information content (AvgIpc) is 3.27. The van der Waals surface area contributed by atoms with Crippen LogP contribution in [0.3, 0.4) is 0 Å². The predicted octanol–water partition coefficient (Wildman–Crippen LogP) is 3.62. The molecule has 0 saturated heterocycles. The van der Waals surface area contributed by atoms with Crippen LogP contribution in [0.25, 0.3) is 0 Å². The van der Waals surface area contributed by atoms with Crippen molar-refractivity contribution in [2.45, 2.75) is 19.3 Å². The zero-order valence-corrected chi connectivity index (χ0v) is 17.7. The largest absolute Gasteiger partial charge is 0.492 e. The first kappa shape index (κ1) is 22.0. The van der Waals surface area contributed by atoms with E-state index in [0.29, 0.717) is 31.3 Å². The Balaban J connectivity index is 1.90. The van der Waals surface area contributed by atoms with Crippen molar-refractivity contribution in [3.8, 4) is 23.0 Å². The van der Waals surface area contributed by atoms with Crippen LogP contribution in [0.4, 0.5) is 0 Å². The SMILES string of the molecule is C=CCOc1cc([C@H](COc2ccccc2)NCC(OC)OC)c2c(c1C)OCO2. The normalized spacial score (nSPS) is 13.3. The highest BCUT2D eigenvalue weighted by atomic mass is 16.7. The van der Waals surface area contributed by atoms with Gasteiger partial charge in [-0.05, 0) is 25.1 Å². The summed E-state index contributed by atoms with van der Waals surface area (Å²) >= 11 is 0. The van der Waals surface area contributed by atoms with E-state index in [9.17, 15) is 0 Å². The van der Waals surface area contributed by atoms with Crippen LogP contribution in [0.2, 0.25) is 0 Å². The van der Waals surface area contributed by atoms with Gasteiger partial charge in [0.25, 0.3) is 0 Å². The van der Waals surface area contributed by atoms with Crippen molar-refractivity contribution in [2.75, 3.05) is 40.8 Å². The van der Waals surface area contributed by atoms with E-state index in [2.05, 4.69) is 11.9 Å². The molecule has 1 N–H and O–H groups in total. The molecule has 3 rings (SSSR count). The first-order chi connectivity index (χ1) is 14.7. The molecule has 0 fully saturated rings. The van der Waals surface area contributed by atoms with E-state index in [1.165, 1.54) is 0 Å². The number of methoxy groups -OCH3 is 2. The molecule has 7 heteroatoms. The summed E-state index contributed by atoms with van der Waals surface area (Å²) in [5, 5.41) is 3.45. The summed E-state index contributed by atoms with van der Waals surface area (Å²) in [5.74, 6) is 2.88. The summed E-state index contributed by atoms with van der Waals surface area (Å²) in [6.45, 7) is 7.06. The van der Waals surface area contributed by atoms with Crippen LogP contribution in [0.15, 0.2) is 49.1 Å². The lowest BCUT2D eigenvalue weighted by molar-refractivity contribution is -0.100. The minimum atomic E-state index is -0.392. The Hall–Kier alpha value is -2.74. The second-order valence-electron chi connectivity index (χ2n) is 6.74. The van der Waals surface area contributed by atoms with Crippen LogP contribution in [0.1, 0.15) is 17.2 Å². The minimum Gasteiger partial charge on any atom is -0.492 e. The molecule has 7 nitrogen and oxygen atoms in total. The van der Waals surface area contributed by atoms with Crippen LogP contribution in [0.5, 0.6) is 23.0 Å². The molecule has 0 spiro atoms. The molecule has 2 aromatic rings. The second kappa shape index (κ2) is 10.9. The topological polar surface area (TPSA) is 67.4 Å². The van der Waals surface area contributed by atoms with Crippen molar-refractivity contribution in [2.24, 2.45) is 0 Å². The lowest BCUT2D eigenvalue weighted by atomic mass is 10.0. The smallest absolute Gasteiger partial charge is 0.231 e. The molecule has 0 aliphatic carbocycles. The number of para-hydroxylation sites is 1. The maximum Gasteiger partial charge on any atom is 0.231 e. The lowest BCUT2D eigenvalue weighted by Gasteiger charge is -2.24. The Morgan fingerprint density at radius 3 is 2.53 bits per heavy atom. The monoisotopic (exact) mass is 415 g/mol. The maximum absolute atomic E-state index is 6.04. The highest BCUT2D eigenvalue weighted by Crippen LogP contribution is 2.45. The third kappa shape index (κ3) is 5.24. The predicted molar refractivity (Wildman–Crippen MR) is 113 cm³/mol. The van der Waals surface area contributed by atoms with Crippen molar-refractivity contribution in [3.05, 3.63) is 60.2 Å². The zero-order chi connectivity index (χ0) is 21.3. The summed E-state index contributed by atoms with van der Waals surface area (Å²) in [6.07, 6.45) is 1.32. The third-order valence-corrected chi connectivity index (χ3v) is 4.82. The van der Waals surface area contributed by atoms with Crippen LogP contribution < -0.4 is 24.3 Å². The number of hydrogen-bond acceptors (Lipinski definition) is 7. The molecule has 2 aromatic carbocycles. The first-order valence-electron chi connectivity index (χ1n) is 9.81. The fourth-order valence-corrected chi connectivity index (χ4v) is 3.21. The van der Waals surface area contributed by atoms with Gasteiger partial charge in [0.1, 0.15) is 24.7 Å². The Morgan fingerprint density at radius 1 is 1.10 bits per heavy atom. The fourth-order valence-electron chi connectivity index (χ4n) is 3.21. The standard InChI is InChI=1S/C23H29NO6/c1-5-11-27-20-12-18(23-22(16(20)2)29-15-30-23)19(24-13-21(25-3)26-4)14-28-17-9-7-6-8-10-17/h5-10,12,19,21,24H,1,11,13-15H2,2-4H3/t19-/m0/s1. The molecular formula is C23H29NO6. The van der Waals surface area contributed by atoms with Gasteiger partial charge in [-0.15, -0.1) is 0 Å². The van der Waals surface area contributed by atoms with Crippen LogP contribution >= 0.6 is 0 Å². The summed E-state index contributed by atoms with van der Waals surface area (Å²) in [4.78, 5) is 0. The number of ether oxygens (including phenoxy) is 6. The first-order valence-corrected chi connectivity index (χ1v) is 9.81. The molecule has 1 aliphatic rings. The van der Waals surface area contributed by atoms with Crippen LogP contribution in [-0.4, -0.2) is 47.1 Å². The number of benzene rings is 2. The van der Waals surface area contributed by atoms with E-state index in [1.54, 1.807) is 20.3 Å². The van der Waals surface area contributed by atoms with Gasteiger partial charge in [-0.25, -0.2) is 0 Å². The molecule has 0 bridgehead atoms. The van der Waals surface area contributed by atoms with E-state index in [0.717, 1.165) is 22.6 Å². The highest BCUT2D eigenvalue weighted by molar-refractivity contribution is 5.60. The van der Waals surface area contributed by atoms with E-state index >= 15 is 0 Å². The van der Waals surface area contributed by atoms with E-state index in [4.69, 9.17) is 28.4 Å². The van der Waals surface area contributed by atoms with Crippen LogP contribution in [-0.2, 0) is 9.47 Å². The van der Waals surface area contributed by atoms with Crippen LogP contribution in [0, 0.1) is 6.92 Å². The summed E-state index contributed by atoms with van der Waals surface area (Å²) in [7, 11) is 3.21.